The van der Waals surface area contributed by atoms with Crippen molar-refractivity contribution in [1.82, 2.24) is 15.0 Å². The molecule has 0 atom stereocenters. The third-order valence-electron chi connectivity index (χ3n) is 2.66. The third kappa shape index (κ3) is 3.87. The molecule has 2 N–H and O–H groups in total. The van der Waals surface area contributed by atoms with Crippen LogP contribution >= 0.6 is 0 Å². The van der Waals surface area contributed by atoms with Crippen molar-refractivity contribution in [3.05, 3.63) is 40.3 Å². The molecular weight excluding hydrogens is 284 g/mol. The molecule has 0 aliphatic carbocycles. The molecule has 0 aromatic carbocycles. The Bertz CT molecular complexity index is 679. The molecule has 0 spiro atoms. The van der Waals surface area contributed by atoms with Gasteiger partial charge in [-0.25, -0.2) is 15.0 Å². The predicted molar refractivity (Wildman–Crippen MR) is 84.3 cm³/mol. The van der Waals surface area contributed by atoms with Crippen LogP contribution in [0.1, 0.15) is 26.3 Å². The molecule has 2 aromatic rings. The van der Waals surface area contributed by atoms with Crippen molar-refractivity contribution >= 4 is 23.1 Å². The molecule has 0 saturated heterocycles. The van der Waals surface area contributed by atoms with Gasteiger partial charge in [0, 0.05) is 11.7 Å². The molecular formula is C14H18N6O2. The Labute approximate surface area is 128 Å². The summed E-state index contributed by atoms with van der Waals surface area (Å²) in [7, 11) is 0. The number of hydrogen-bond donors (Lipinski definition) is 2. The number of anilines is 3. The summed E-state index contributed by atoms with van der Waals surface area (Å²) in [5, 5.41) is 17.3. The second kappa shape index (κ2) is 5.92. The fraction of sp³-hybridized carbons (Fsp3) is 0.357. The first kappa shape index (κ1) is 15.6. The van der Waals surface area contributed by atoms with E-state index in [4.69, 9.17) is 0 Å². The quantitative estimate of drug-likeness (QED) is 0.660. The maximum atomic E-state index is 11.4. The number of rotatable bonds is 4. The second-order valence-electron chi connectivity index (χ2n) is 5.90. The fourth-order valence-electron chi connectivity index (χ4n) is 1.75. The average Bonchev–Trinajstić information content (AvgIpc) is 2.39. The Kier molecular flexibility index (Phi) is 4.20. The highest BCUT2D eigenvalue weighted by molar-refractivity contribution is 5.73. The molecule has 8 nitrogen and oxygen atoms in total. The van der Waals surface area contributed by atoms with Gasteiger partial charge in [-0.1, -0.05) is 6.07 Å². The van der Waals surface area contributed by atoms with Gasteiger partial charge in [-0.2, -0.15) is 0 Å². The lowest BCUT2D eigenvalue weighted by Gasteiger charge is -2.21. The first-order valence-corrected chi connectivity index (χ1v) is 6.73. The van der Waals surface area contributed by atoms with Crippen molar-refractivity contribution in [2.45, 2.75) is 33.2 Å². The van der Waals surface area contributed by atoms with Crippen molar-refractivity contribution in [2.75, 3.05) is 10.6 Å². The van der Waals surface area contributed by atoms with Crippen LogP contribution in [0.5, 0.6) is 0 Å². The van der Waals surface area contributed by atoms with Crippen molar-refractivity contribution < 1.29 is 4.92 Å². The topological polar surface area (TPSA) is 106 Å². The summed E-state index contributed by atoms with van der Waals surface area (Å²) >= 11 is 0. The highest BCUT2D eigenvalue weighted by Gasteiger charge is 2.26. The van der Waals surface area contributed by atoms with E-state index in [9.17, 15) is 10.1 Å². The molecule has 2 rings (SSSR count). The number of hydrogen-bond acceptors (Lipinski definition) is 7. The van der Waals surface area contributed by atoms with Crippen LogP contribution in [-0.2, 0) is 0 Å². The molecule has 0 amide bonds. The van der Waals surface area contributed by atoms with Crippen LogP contribution in [0.3, 0.4) is 0 Å². The van der Waals surface area contributed by atoms with Gasteiger partial charge >= 0.3 is 5.69 Å². The van der Waals surface area contributed by atoms with Gasteiger partial charge in [0.15, 0.2) is 0 Å². The first-order chi connectivity index (χ1) is 10.3. The molecule has 0 fully saturated rings. The standard InChI is InChI=1S/C14H18N6O2/c1-9-5-6-10(15-7-9)18-12-11(20(21)22)13(17-8-16-12)19-14(2,3)4/h5-8H,1-4H3,(H2,15,16,17,18,19). The summed E-state index contributed by atoms with van der Waals surface area (Å²) in [6, 6.07) is 3.59. The molecule has 0 bridgehead atoms. The van der Waals surface area contributed by atoms with Crippen LogP contribution in [0.2, 0.25) is 0 Å². The molecule has 0 aliphatic heterocycles. The highest BCUT2D eigenvalue weighted by Crippen LogP contribution is 2.32. The maximum absolute atomic E-state index is 11.4. The zero-order chi connectivity index (χ0) is 16.3. The summed E-state index contributed by atoms with van der Waals surface area (Å²) in [6.07, 6.45) is 2.95. The van der Waals surface area contributed by atoms with Gasteiger partial charge in [0.25, 0.3) is 0 Å². The minimum absolute atomic E-state index is 0.100. The van der Waals surface area contributed by atoms with E-state index in [-0.39, 0.29) is 22.9 Å². The van der Waals surface area contributed by atoms with E-state index in [2.05, 4.69) is 25.6 Å². The number of aromatic nitrogens is 3. The Hall–Kier alpha value is -2.77. The minimum atomic E-state index is -0.509. The van der Waals surface area contributed by atoms with E-state index in [1.54, 1.807) is 12.3 Å². The average molecular weight is 302 g/mol. The monoisotopic (exact) mass is 302 g/mol. The Morgan fingerprint density at radius 3 is 2.36 bits per heavy atom. The molecule has 0 unspecified atom stereocenters. The summed E-state index contributed by atoms with van der Waals surface area (Å²) < 4.78 is 0. The molecule has 2 heterocycles. The largest absolute Gasteiger partial charge is 0.360 e. The number of nitrogens with one attached hydrogen (secondary N) is 2. The second-order valence-corrected chi connectivity index (χ2v) is 5.90. The number of pyridine rings is 1. The van der Waals surface area contributed by atoms with E-state index in [0.29, 0.717) is 5.82 Å². The number of aryl methyl sites for hydroxylation is 1. The van der Waals surface area contributed by atoms with E-state index in [1.807, 2.05) is 33.8 Å². The maximum Gasteiger partial charge on any atom is 0.353 e. The van der Waals surface area contributed by atoms with Crippen LogP contribution < -0.4 is 10.6 Å². The molecule has 0 aliphatic rings. The zero-order valence-corrected chi connectivity index (χ0v) is 12.9. The highest BCUT2D eigenvalue weighted by atomic mass is 16.6. The van der Waals surface area contributed by atoms with Crippen molar-refractivity contribution in [2.24, 2.45) is 0 Å². The van der Waals surface area contributed by atoms with Crippen LogP contribution in [0.15, 0.2) is 24.7 Å². The van der Waals surface area contributed by atoms with Gasteiger partial charge in [-0.3, -0.25) is 10.1 Å². The molecule has 0 saturated carbocycles. The van der Waals surface area contributed by atoms with E-state index < -0.39 is 4.92 Å². The molecule has 116 valence electrons. The number of nitrogens with zero attached hydrogens (tertiary/aromatic N) is 4. The molecule has 0 radical (unpaired) electrons. The smallest absolute Gasteiger partial charge is 0.353 e. The van der Waals surface area contributed by atoms with Gasteiger partial charge in [0.1, 0.15) is 12.1 Å². The summed E-state index contributed by atoms with van der Waals surface area (Å²) in [4.78, 5) is 23.0. The SMILES string of the molecule is Cc1ccc(Nc2ncnc(NC(C)(C)C)c2[N+](=O)[O-])nc1. The lowest BCUT2D eigenvalue weighted by atomic mass is 10.1. The van der Waals surface area contributed by atoms with Gasteiger partial charge in [0.2, 0.25) is 11.6 Å². The Balaban J connectivity index is 2.40. The van der Waals surface area contributed by atoms with Crippen LogP contribution in [0.4, 0.5) is 23.1 Å². The normalized spacial score (nSPS) is 11.1. The van der Waals surface area contributed by atoms with E-state index in [1.165, 1.54) is 6.33 Å². The Morgan fingerprint density at radius 1 is 1.14 bits per heavy atom. The summed E-state index contributed by atoms with van der Waals surface area (Å²) in [5.74, 6) is 0.749. The Morgan fingerprint density at radius 2 is 1.82 bits per heavy atom. The zero-order valence-electron chi connectivity index (χ0n) is 12.9. The van der Waals surface area contributed by atoms with Crippen molar-refractivity contribution in [3.8, 4) is 0 Å². The molecule has 2 aromatic heterocycles. The van der Waals surface area contributed by atoms with Gasteiger partial charge in [-0.15, -0.1) is 0 Å². The van der Waals surface area contributed by atoms with Crippen molar-refractivity contribution in [1.29, 1.82) is 0 Å². The first-order valence-electron chi connectivity index (χ1n) is 6.73. The minimum Gasteiger partial charge on any atom is -0.360 e. The fourth-order valence-corrected chi connectivity index (χ4v) is 1.75. The van der Waals surface area contributed by atoms with Crippen molar-refractivity contribution in [3.63, 3.8) is 0 Å². The number of nitro groups is 1. The van der Waals surface area contributed by atoms with Gasteiger partial charge in [0.05, 0.1) is 4.92 Å². The summed E-state index contributed by atoms with van der Waals surface area (Å²) in [5.41, 5.74) is 0.427. The van der Waals surface area contributed by atoms with E-state index >= 15 is 0 Å². The predicted octanol–water partition coefficient (Wildman–Crippen LogP) is 3.04. The van der Waals surface area contributed by atoms with Crippen LogP contribution in [-0.4, -0.2) is 25.4 Å². The third-order valence-corrected chi connectivity index (χ3v) is 2.66. The lowest BCUT2D eigenvalue weighted by Crippen LogP contribution is -2.27. The van der Waals surface area contributed by atoms with Gasteiger partial charge < -0.3 is 10.6 Å². The lowest BCUT2D eigenvalue weighted by molar-refractivity contribution is -0.383. The van der Waals surface area contributed by atoms with Crippen LogP contribution in [0.25, 0.3) is 0 Å². The van der Waals surface area contributed by atoms with E-state index in [0.717, 1.165) is 5.56 Å². The van der Waals surface area contributed by atoms with Gasteiger partial charge in [-0.05, 0) is 39.3 Å². The molecule has 22 heavy (non-hydrogen) atoms. The molecule has 8 heteroatoms. The van der Waals surface area contributed by atoms with Crippen LogP contribution in [0, 0.1) is 17.0 Å². The summed E-state index contributed by atoms with van der Waals surface area (Å²) in [6.45, 7) is 7.60.